The maximum Gasteiger partial charge on any atom is 0.0205 e. The Labute approximate surface area is 120 Å². The fourth-order valence-corrected chi connectivity index (χ4v) is 2.14. The number of allylic oxidation sites excluding steroid dienone is 2. The van der Waals surface area contributed by atoms with Crippen molar-refractivity contribution < 1.29 is 0 Å². The Morgan fingerprint density at radius 3 is 2.00 bits per heavy atom. The van der Waals surface area contributed by atoms with Crippen LogP contribution in [0.3, 0.4) is 0 Å². The monoisotopic (exact) mass is 263 g/mol. The number of unbranched alkanes of at least 4 members (excludes halogenated alkanes) is 8. The van der Waals surface area contributed by atoms with Crippen molar-refractivity contribution in [1.29, 1.82) is 0 Å². The first-order chi connectivity index (χ1) is 9.35. The van der Waals surface area contributed by atoms with Crippen molar-refractivity contribution in [3.05, 3.63) is 37.0 Å². The zero-order chi connectivity index (χ0) is 14.2. The van der Waals surface area contributed by atoms with E-state index in [0.717, 1.165) is 13.1 Å². The SMILES string of the molecule is C=C/C=C(\C=C)CNCCCCCCCCCCC. The fraction of sp³-hybridized carbons (Fsp3) is 0.667. The summed E-state index contributed by atoms with van der Waals surface area (Å²) in [7, 11) is 0. The van der Waals surface area contributed by atoms with E-state index in [2.05, 4.69) is 25.4 Å². The van der Waals surface area contributed by atoms with Crippen molar-refractivity contribution >= 4 is 0 Å². The van der Waals surface area contributed by atoms with Gasteiger partial charge in [0.1, 0.15) is 0 Å². The molecule has 0 heterocycles. The van der Waals surface area contributed by atoms with Crippen LogP contribution in [0.15, 0.2) is 37.0 Å². The maximum absolute atomic E-state index is 3.79. The van der Waals surface area contributed by atoms with Crippen LogP contribution in [0.4, 0.5) is 0 Å². The van der Waals surface area contributed by atoms with Crippen LogP contribution in [-0.2, 0) is 0 Å². The van der Waals surface area contributed by atoms with Crippen LogP contribution in [0.1, 0.15) is 64.7 Å². The van der Waals surface area contributed by atoms with Crippen LogP contribution in [0.5, 0.6) is 0 Å². The largest absolute Gasteiger partial charge is 0.313 e. The van der Waals surface area contributed by atoms with Crippen molar-refractivity contribution in [2.45, 2.75) is 64.7 Å². The fourth-order valence-electron chi connectivity index (χ4n) is 2.14. The van der Waals surface area contributed by atoms with E-state index in [4.69, 9.17) is 0 Å². The normalized spacial score (nSPS) is 11.5. The minimum absolute atomic E-state index is 0.909. The first-order valence-corrected chi connectivity index (χ1v) is 7.99. The van der Waals surface area contributed by atoms with E-state index in [1.54, 1.807) is 0 Å². The average molecular weight is 263 g/mol. The number of hydrogen-bond acceptors (Lipinski definition) is 1. The Morgan fingerprint density at radius 1 is 0.895 bits per heavy atom. The van der Waals surface area contributed by atoms with Gasteiger partial charge < -0.3 is 5.32 Å². The van der Waals surface area contributed by atoms with Crippen molar-refractivity contribution in [3.8, 4) is 0 Å². The van der Waals surface area contributed by atoms with Gasteiger partial charge in [0.05, 0.1) is 0 Å². The molecule has 1 N–H and O–H groups in total. The topological polar surface area (TPSA) is 12.0 Å². The molecule has 0 saturated heterocycles. The van der Waals surface area contributed by atoms with Crippen LogP contribution >= 0.6 is 0 Å². The Kier molecular flexibility index (Phi) is 14.6. The van der Waals surface area contributed by atoms with Crippen molar-refractivity contribution in [1.82, 2.24) is 5.32 Å². The predicted octanol–water partition coefficient (Wildman–Crippen LogP) is 5.41. The van der Waals surface area contributed by atoms with Crippen LogP contribution in [0.2, 0.25) is 0 Å². The second-order valence-electron chi connectivity index (χ2n) is 5.19. The minimum atomic E-state index is 0.909. The van der Waals surface area contributed by atoms with Gasteiger partial charge in [-0.05, 0) is 18.5 Å². The van der Waals surface area contributed by atoms with Crippen LogP contribution < -0.4 is 5.32 Å². The molecule has 0 amide bonds. The molecule has 0 aliphatic heterocycles. The summed E-state index contributed by atoms with van der Waals surface area (Å²) in [4.78, 5) is 0. The second-order valence-corrected chi connectivity index (χ2v) is 5.19. The summed E-state index contributed by atoms with van der Waals surface area (Å²) in [5, 5.41) is 3.45. The third kappa shape index (κ3) is 13.4. The highest BCUT2D eigenvalue weighted by molar-refractivity contribution is 5.22. The third-order valence-corrected chi connectivity index (χ3v) is 3.38. The molecule has 0 fully saturated rings. The quantitative estimate of drug-likeness (QED) is 0.326. The van der Waals surface area contributed by atoms with E-state index < -0.39 is 0 Å². The van der Waals surface area contributed by atoms with Crippen LogP contribution in [0, 0.1) is 0 Å². The van der Waals surface area contributed by atoms with Gasteiger partial charge in [0.25, 0.3) is 0 Å². The Morgan fingerprint density at radius 2 is 1.47 bits per heavy atom. The molecule has 110 valence electrons. The first kappa shape index (κ1) is 18.2. The minimum Gasteiger partial charge on any atom is -0.313 e. The standard InChI is InChI=1S/C18H33N/c1-4-7-8-9-10-11-12-13-14-16-19-17-18(6-3)15-5-2/h5-6,15,19H,2-4,7-14,16-17H2,1H3/b18-15+. The molecule has 0 radical (unpaired) electrons. The second kappa shape index (κ2) is 15.2. The highest BCUT2D eigenvalue weighted by Gasteiger charge is 1.93. The van der Waals surface area contributed by atoms with Gasteiger partial charge in [-0.15, -0.1) is 0 Å². The summed E-state index contributed by atoms with van der Waals surface area (Å²) in [6, 6.07) is 0. The van der Waals surface area contributed by atoms with E-state index in [0.29, 0.717) is 0 Å². The summed E-state index contributed by atoms with van der Waals surface area (Å²) in [5.74, 6) is 0. The lowest BCUT2D eigenvalue weighted by Gasteiger charge is -2.05. The molecular formula is C18H33N. The van der Waals surface area contributed by atoms with E-state index >= 15 is 0 Å². The molecule has 0 rings (SSSR count). The molecule has 0 aromatic heterocycles. The Hall–Kier alpha value is -0.820. The molecule has 0 spiro atoms. The highest BCUT2D eigenvalue weighted by Crippen LogP contribution is 2.09. The predicted molar refractivity (Wildman–Crippen MR) is 88.6 cm³/mol. The van der Waals surface area contributed by atoms with Gasteiger partial charge in [-0.1, -0.05) is 89.7 Å². The van der Waals surface area contributed by atoms with Gasteiger partial charge in [-0.3, -0.25) is 0 Å². The van der Waals surface area contributed by atoms with E-state index in [1.807, 2.05) is 18.2 Å². The number of nitrogens with one attached hydrogen (secondary N) is 1. The van der Waals surface area contributed by atoms with Crippen LogP contribution in [-0.4, -0.2) is 13.1 Å². The molecule has 0 aromatic rings. The zero-order valence-electron chi connectivity index (χ0n) is 12.9. The molecule has 0 aliphatic rings. The van der Waals surface area contributed by atoms with E-state index in [-0.39, 0.29) is 0 Å². The lowest BCUT2D eigenvalue weighted by molar-refractivity contribution is 0.554. The van der Waals surface area contributed by atoms with Crippen molar-refractivity contribution in [3.63, 3.8) is 0 Å². The molecule has 19 heavy (non-hydrogen) atoms. The van der Waals surface area contributed by atoms with Gasteiger partial charge in [0, 0.05) is 6.54 Å². The van der Waals surface area contributed by atoms with Gasteiger partial charge in [-0.2, -0.15) is 0 Å². The number of rotatable bonds is 14. The molecule has 0 bridgehead atoms. The third-order valence-electron chi connectivity index (χ3n) is 3.38. The van der Waals surface area contributed by atoms with Crippen molar-refractivity contribution in [2.24, 2.45) is 0 Å². The Balaban J connectivity index is 3.20. The summed E-state index contributed by atoms with van der Waals surface area (Å²) in [5.41, 5.74) is 1.21. The molecule has 1 heteroatoms. The van der Waals surface area contributed by atoms with E-state index in [9.17, 15) is 0 Å². The molecule has 0 unspecified atom stereocenters. The average Bonchev–Trinajstić information content (AvgIpc) is 2.43. The summed E-state index contributed by atoms with van der Waals surface area (Å²) >= 11 is 0. The molecular weight excluding hydrogens is 230 g/mol. The lowest BCUT2D eigenvalue weighted by atomic mass is 10.1. The van der Waals surface area contributed by atoms with Gasteiger partial charge in [0.15, 0.2) is 0 Å². The lowest BCUT2D eigenvalue weighted by Crippen LogP contribution is -2.17. The summed E-state index contributed by atoms with van der Waals surface area (Å²) in [6.45, 7) is 11.8. The van der Waals surface area contributed by atoms with Gasteiger partial charge in [0.2, 0.25) is 0 Å². The maximum atomic E-state index is 3.79. The molecule has 0 aromatic carbocycles. The molecule has 0 atom stereocenters. The van der Waals surface area contributed by atoms with E-state index in [1.165, 1.54) is 63.4 Å². The smallest absolute Gasteiger partial charge is 0.0205 e. The van der Waals surface area contributed by atoms with Gasteiger partial charge in [-0.25, -0.2) is 0 Å². The number of hydrogen-bond donors (Lipinski definition) is 1. The first-order valence-electron chi connectivity index (χ1n) is 7.99. The highest BCUT2D eigenvalue weighted by atomic mass is 14.8. The molecule has 0 aliphatic carbocycles. The zero-order valence-corrected chi connectivity index (χ0v) is 12.9. The molecule has 0 saturated carbocycles. The summed E-state index contributed by atoms with van der Waals surface area (Å²) < 4.78 is 0. The Bertz CT molecular complexity index is 240. The summed E-state index contributed by atoms with van der Waals surface area (Å²) in [6.07, 6.45) is 18.2. The van der Waals surface area contributed by atoms with Crippen molar-refractivity contribution in [2.75, 3.05) is 13.1 Å². The van der Waals surface area contributed by atoms with Crippen LogP contribution in [0.25, 0.3) is 0 Å². The molecule has 1 nitrogen and oxygen atoms in total. The van der Waals surface area contributed by atoms with Gasteiger partial charge >= 0.3 is 0 Å².